The Hall–Kier alpha value is -2.07. The first-order valence-electron chi connectivity index (χ1n) is 5.83. The van der Waals surface area contributed by atoms with Gasteiger partial charge in [0.25, 0.3) is 0 Å². The maximum atomic E-state index is 9.06. The van der Waals surface area contributed by atoms with E-state index < -0.39 is 0 Å². The van der Waals surface area contributed by atoms with Crippen molar-refractivity contribution in [2.45, 2.75) is 20.1 Å². The van der Waals surface area contributed by atoms with E-state index in [0.29, 0.717) is 6.54 Å². The third kappa shape index (κ3) is 2.99. The van der Waals surface area contributed by atoms with Gasteiger partial charge in [0.05, 0.1) is 6.61 Å². The van der Waals surface area contributed by atoms with E-state index in [1.54, 1.807) is 6.20 Å². The number of benzene rings is 1. The van der Waals surface area contributed by atoms with Crippen molar-refractivity contribution in [2.75, 3.05) is 11.1 Å². The molecule has 2 aromatic rings. The lowest BCUT2D eigenvalue weighted by Crippen LogP contribution is -2.03. The summed E-state index contributed by atoms with van der Waals surface area (Å²) in [6.45, 7) is 2.64. The number of anilines is 2. The summed E-state index contributed by atoms with van der Waals surface area (Å²) in [5.74, 6) is 0.757. The SMILES string of the molecule is Cc1cnc(NCc2cccc(CO)c2)cc1N. The summed E-state index contributed by atoms with van der Waals surface area (Å²) in [5.41, 5.74) is 9.54. The molecular weight excluding hydrogens is 226 g/mol. The van der Waals surface area contributed by atoms with E-state index >= 15 is 0 Å². The molecule has 0 aliphatic rings. The zero-order valence-electron chi connectivity index (χ0n) is 10.4. The Kier molecular flexibility index (Phi) is 3.79. The van der Waals surface area contributed by atoms with Gasteiger partial charge in [-0.15, -0.1) is 0 Å². The minimum absolute atomic E-state index is 0.0591. The van der Waals surface area contributed by atoms with Crippen LogP contribution in [0.5, 0.6) is 0 Å². The molecule has 0 spiro atoms. The summed E-state index contributed by atoms with van der Waals surface area (Å²) in [6.07, 6.45) is 1.75. The van der Waals surface area contributed by atoms with Crippen molar-refractivity contribution in [3.05, 3.63) is 53.2 Å². The molecule has 0 fully saturated rings. The molecule has 0 saturated heterocycles. The standard InChI is InChI=1S/C14H17N3O/c1-10-7-16-14(6-13(10)15)17-8-11-3-2-4-12(5-11)9-18/h2-7,18H,8-9H2,1H3,(H3,15,16,17). The van der Waals surface area contributed by atoms with Crippen molar-refractivity contribution < 1.29 is 5.11 Å². The largest absolute Gasteiger partial charge is 0.398 e. The molecule has 0 radical (unpaired) electrons. The van der Waals surface area contributed by atoms with Gasteiger partial charge in [0.2, 0.25) is 0 Å². The first-order chi connectivity index (χ1) is 8.69. The number of nitrogens with one attached hydrogen (secondary N) is 1. The number of nitrogen functional groups attached to an aromatic ring is 1. The average molecular weight is 243 g/mol. The molecule has 4 nitrogen and oxygen atoms in total. The van der Waals surface area contributed by atoms with Gasteiger partial charge in [0.15, 0.2) is 0 Å². The molecule has 4 N–H and O–H groups in total. The molecule has 94 valence electrons. The summed E-state index contributed by atoms with van der Waals surface area (Å²) >= 11 is 0. The van der Waals surface area contributed by atoms with Gasteiger partial charge in [-0.25, -0.2) is 4.98 Å². The highest BCUT2D eigenvalue weighted by Crippen LogP contribution is 2.14. The molecule has 2 rings (SSSR count). The molecule has 0 saturated carbocycles. The van der Waals surface area contributed by atoms with Crippen LogP contribution in [-0.4, -0.2) is 10.1 Å². The van der Waals surface area contributed by atoms with Crippen LogP contribution in [0, 0.1) is 6.92 Å². The van der Waals surface area contributed by atoms with Gasteiger partial charge in [0.1, 0.15) is 5.82 Å². The summed E-state index contributed by atoms with van der Waals surface area (Å²) < 4.78 is 0. The Bertz CT molecular complexity index is 540. The fraction of sp³-hybridized carbons (Fsp3) is 0.214. The van der Waals surface area contributed by atoms with Crippen molar-refractivity contribution in [1.29, 1.82) is 0 Å². The van der Waals surface area contributed by atoms with E-state index in [1.165, 1.54) is 0 Å². The Morgan fingerprint density at radius 1 is 1.28 bits per heavy atom. The number of aryl methyl sites for hydroxylation is 1. The lowest BCUT2D eigenvalue weighted by molar-refractivity contribution is 0.281. The van der Waals surface area contributed by atoms with E-state index in [1.807, 2.05) is 37.3 Å². The number of aliphatic hydroxyl groups excluding tert-OH is 1. The van der Waals surface area contributed by atoms with Crippen LogP contribution >= 0.6 is 0 Å². The van der Waals surface area contributed by atoms with Crippen LogP contribution in [0.2, 0.25) is 0 Å². The predicted octanol–water partition coefficient (Wildman–Crippen LogP) is 2.08. The quantitative estimate of drug-likeness (QED) is 0.768. The van der Waals surface area contributed by atoms with Gasteiger partial charge >= 0.3 is 0 Å². The normalized spacial score (nSPS) is 10.3. The van der Waals surface area contributed by atoms with Gasteiger partial charge < -0.3 is 16.2 Å². The van der Waals surface area contributed by atoms with E-state index in [2.05, 4.69) is 10.3 Å². The fourth-order valence-corrected chi connectivity index (χ4v) is 1.67. The zero-order valence-corrected chi connectivity index (χ0v) is 10.4. The molecule has 0 bridgehead atoms. The van der Waals surface area contributed by atoms with E-state index in [-0.39, 0.29) is 6.61 Å². The number of aliphatic hydroxyl groups is 1. The topological polar surface area (TPSA) is 71.2 Å². The molecule has 4 heteroatoms. The number of hydrogen-bond acceptors (Lipinski definition) is 4. The van der Waals surface area contributed by atoms with Crippen LogP contribution in [0.25, 0.3) is 0 Å². The molecule has 18 heavy (non-hydrogen) atoms. The highest BCUT2D eigenvalue weighted by molar-refractivity contribution is 5.53. The van der Waals surface area contributed by atoms with Gasteiger partial charge in [-0.2, -0.15) is 0 Å². The molecular formula is C14H17N3O. The Morgan fingerprint density at radius 3 is 2.78 bits per heavy atom. The van der Waals surface area contributed by atoms with Crippen LogP contribution in [0.15, 0.2) is 36.5 Å². The third-order valence-electron chi connectivity index (χ3n) is 2.79. The van der Waals surface area contributed by atoms with Crippen LogP contribution < -0.4 is 11.1 Å². The summed E-state index contributed by atoms with van der Waals surface area (Å²) in [7, 11) is 0. The Labute approximate surface area is 106 Å². The van der Waals surface area contributed by atoms with Crippen molar-refractivity contribution in [1.82, 2.24) is 4.98 Å². The van der Waals surface area contributed by atoms with Gasteiger partial charge in [-0.1, -0.05) is 24.3 Å². The summed E-state index contributed by atoms with van der Waals surface area (Å²) in [4.78, 5) is 4.26. The maximum Gasteiger partial charge on any atom is 0.128 e. The van der Waals surface area contributed by atoms with Crippen molar-refractivity contribution >= 4 is 11.5 Å². The molecule has 0 aliphatic carbocycles. The average Bonchev–Trinajstić information content (AvgIpc) is 2.40. The monoisotopic (exact) mass is 243 g/mol. The lowest BCUT2D eigenvalue weighted by Gasteiger charge is -2.08. The van der Waals surface area contributed by atoms with Crippen LogP contribution in [-0.2, 0) is 13.2 Å². The van der Waals surface area contributed by atoms with Crippen LogP contribution in [0.4, 0.5) is 11.5 Å². The van der Waals surface area contributed by atoms with E-state index in [4.69, 9.17) is 10.8 Å². The number of rotatable bonds is 4. The molecule has 0 aliphatic heterocycles. The summed E-state index contributed by atoms with van der Waals surface area (Å²) in [6, 6.07) is 9.62. The maximum absolute atomic E-state index is 9.06. The molecule has 0 unspecified atom stereocenters. The van der Waals surface area contributed by atoms with Crippen molar-refractivity contribution in [3.8, 4) is 0 Å². The predicted molar refractivity (Wildman–Crippen MR) is 73.1 cm³/mol. The third-order valence-corrected chi connectivity index (χ3v) is 2.79. The van der Waals surface area contributed by atoms with E-state index in [0.717, 1.165) is 28.2 Å². The highest BCUT2D eigenvalue weighted by Gasteiger charge is 1.99. The number of pyridine rings is 1. The van der Waals surface area contributed by atoms with Crippen molar-refractivity contribution in [2.24, 2.45) is 0 Å². The van der Waals surface area contributed by atoms with Gasteiger partial charge in [0, 0.05) is 24.5 Å². The number of nitrogens with two attached hydrogens (primary N) is 1. The lowest BCUT2D eigenvalue weighted by atomic mass is 10.1. The van der Waals surface area contributed by atoms with Crippen molar-refractivity contribution in [3.63, 3.8) is 0 Å². The molecule has 0 atom stereocenters. The Balaban J connectivity index is 2.04. The Morgan fingerprint density at radius 2 is 2.06 bits per heavy atom. The minimum Gasteiger partial charge on any atom is -0.398 e. The first-order valence-corrected chi connectivity index (χ1v) is 5.83. The van der Waals surface area contributed by atoms with Crippen LogP contribution in [0.3, 0.4) is 0 Å². The highest BCUT2D eigenvalue weighted by atomic mass is 16.3. The van der Waals surface area contributed by atoms with Gasteiger partial charge in [-0.3, -0.25) is 0 Å². The van der Waals surface area contributed by atoms with E-state index in [9.17, 15) is 0 Å². The second-order valence-electron chi connectivity index (χ2n) is 4.26. The summed E-state index contributed by atoms with van der Waals surface area (Å²) in [5, 5.41) is 12.3. The van der Waals surface area contributed by atoms with Crippen LogP contribution in [0.1, 0.15) is 16.7 Å². The second kappa shape index (κ2) is 5.51. The second-order valence-corrected chi connectivity index (χ2v) is 4.26. The molecule has 0 amide bonds. The first kappa shape index (κ1) is 12.4. The fourth-order valence-electron chi connectivity index (χ4n) is 1.67. The minimum atomic E-state index is 0.0591. The zero-order chi connectivity index (χ0) is 13.0. The smallest absolute Gasteiger partial charge is 0.128 e. The molecule has 1 heterocycles. The van der Waals surface area contributed by atoms with Gasteiger partial charge in [-0.05, 0) is 23.6 Å². The number of aromatic nitrogens is 1. The number of hydrogen-bond donors (Lipinski definition) is 3. The molecule has 1 aromatic carbocycles. The molecule has 1 aromatic heterocycles. The number of nitrogens with zero attached hydrogens (tertiary/aromatic N) is 1.